The molecular weight excluding hydrogens is 290 g/mol. The van der Waals surface area contributed by atoms with Crippen LogP contribution in [0.5, 0.6) is 5.75 Å². The normalized spacial score (nSPS) is 10.2. The van der Waals surface area contributed by atoms with E-state index in [9.17, 15) is 4.79 Å². The molecule has 0 aliphatic carbocycles. The van der Waals surface area contributed by atoms with E-state index in [0.717, 1.165) is 22.6 Å². The third kappa shape index (κ3) is 5.29. The minimum absolute atomic E-state index is 0.225. The van der Waals surface area contributed by atoms with Gasteiger partial charge < -0.3 is 15.4 Å². The quantitative estimate of drug-likeness (QED) is 0.806. The highest BCUT2D eigenvalue weighted by atomic mass is 16.5. The Labute approximate surface area is 137 Å². The Balaban J connectivity index is 1.70. The number of ether oxygens (including phenoxy) is 1. The molecule has 0 unspecified atom stereocenters. The van der Waals surface area contributed by atoms with Crippen molar-refractivity contribution in [2.45, 2.75) is 27.3 Å². The van der Waals surface area contributed by atoms with Gasteiger partial charge in [0.2, 0.25) is 0 Å². The number of amides is 2. The summed E-state index contributed by atoms with van der Waals surface area (Å²) in [6, 6.07) is 9.56. The molecule has 23 heavy (non-hydrogen) atoms. The summed E-state index contributed by atoms with van der Waals surface area (Å²) in [4.78, 5) is 15.8. The van der Waals surface area contributed by atoms with Gasteiger partial charge in [0, 0.05) is 6.20 Å². The second-order valence-electron chi connectivity index (χ2n) is 5.51. The molecule has 1 aromatic heterocycles. The fourth-order valence-corrected chi connectivity index (χ4v) is 2.45. The molecule has 0 saturated carbocycles. The van der Waals surface area contributed by atoms with Crippen LogP contribution in [0.25, 0.3) is 0 Å². The zero-order valence-electron chi connectivity index (χ0n) is 13.8. The van der Waals surface area contributed by atoms with Gasteiger partial charge in [-0.1, -0.05) is 23.8 Å². The Hall–Kier alpha value is -2.56. The molecule has 5 nitrogen and oxygen atoms in total. The van der Waals surface area contributed by atoms with Crippen molar-refractivity contribution in [3.05, 3.63) is 58.9 Å². The van der Waals surface area contributed by atoms with Gasteiger partial charge in [0.25, 0.3) is 0 Å². The van der Waals surface area contributed by atoms with Crippen molar-refractivity contribution in [3.63, 3.8) is 0 Å². The minimum atomic E-state index is -0.225. The first-order valence-corrected chi connectivity index (χ1v) is 7.68. The number of pyridine rings is 1. The Bertz CT molecular complexity index is 634. The number of urea groups is 1. The van der Waals surface area contributed by atoms with Crippen molar-refractivity contribution < 1.29 is 9.53 Å². The van der Waals surface area contributed by atoms with E-state index < -0.39 is 0 Å². The van der Waals surface area contributed by atoms with Crippen LogP contribution in [-0.2, 0) is 6.54 Å². The summed E-state index contributed by atoms with van der Waals surface area (Å²) >= 11 is 0. The molecule has 2 N–H and O–H groups in total. The highest BCUT2D eigenvalue weighted by Gasteiger charge is 2.05. The summed E-state index contributed by atoms with van der Waals surface area (Å²) in [5.41, 5.74) is 4.27. The van der Waals surface area contributed by atoms with Crippen LogP contribution in [0, 0.1) is 20.8 Å². The van der Waals surface area contributed by atoms with Crippen LogP contribution < -0.4 is 15.4 Å². The van der Waals surface area contributed by atoms with Crippen molar-refractivity contribution >= 4 is 6.03 Å². The van der Waals surface area contributed by atoms with E-state index in [1.54, 1.807) is 6.20 Å². The number of hydrogen-bond acceptors (Lipinski definition) is 3. The predicted octanol–water partition coefficient (Wildman–Crippen LogP) is 2.89. The largest absolute Gasteiger partial charge is 0.491 e. The third-order valence-electron chi connectivity index (χ3n) is 3.39. The van der Waals surface area contributed by atoms with Gasteiger partial charge in [-0.2, -0.15) is 0 Å². The standard InChI is InChI=1S/C18H23N3O2/c1-13-10-14(2)17(15(3)11-13)23-9-8-20-18(22)21-12-16-6-4-5-7-19-16/h4-7,10-11H,8-9,12H2,1-3H3,(H2,20,21,22). The highest BCUT2D eigenvalue weighted by Crippen LogP contribution is 2.24. The molecular formula is C18H23N3O2. The number of aryl methyl sites for hydroxylation is 3. The van der Waals surface area contributed by atoms with E-state index in [4.69, 9.17) is 4.74 Å². The number of nitrogens with zero attached hydrogens (tertiary/aromatic N) is 1. The van der Waals surface area contributed by atoms with E-state index in [-0.39, 0.29) is 6.03 Å². The number of hydrogen-bond donors (Lipinski definition) is 2. The molecule has 0 aliphatic rings. The van der Waals surface area contributed by atoms with Crippen LogP contribution in [0.15, 0.2) is 36.5 Å². The lowest BCUT2D eigenvalue weighted by Gasteiger charge is -2.13. The maximum atomic E-state index is 11.7. The maximum Gasteiger partial charge on any atom is 0.315 e. The van der Waals surface area contributed by atoms with E-state index in [1.807, 2.05) is 32.0 Å². The average Bonchev–Trinajstić information content (AvgIpc) is 2.52. The van der Waals surface area contributed by atoms with Gasteiger partial charge in [0.15, 0.2) is 0 Å². The molecule has 0 atom stereocenters. The first kappa shape index (κ1) is 16.8. The summed E-state index contributed by atoms with van der Waals surface area (Å²) in [7, 11) is 0. The van der Waals surface area contributed by atoms with Crippen LogP contribution in [0.2, 0.25) is 0 Å². The lowest BCUT2D eigenvalue weighted by molar-refractivity contribution is 0.236. The Morgan fingerprint density at radius 2 is 1.87 bits per heavy atom. The molecule has 1 aromatic carbocycles. The molecule has 0 fully saturated rings. The van der Waals surface area contributed by atoms with Gasteiger partial charge in [-0.15, -0.1) is 0 Å². The lowest BCUT2D eigenvalue weighted by atomic mass is 10.1. The molecule has 0 aliphatic heterocycles. The number of carbonyl (C=O) groups excluding carboxylic acids is 1. The summed E-state index contributed by atoms with van der Waals surface area (Å²) in [5.74, 6) is 0.895. The molecule has 2 rings (SSSR count). The van der Waals surface area contributed by atoms with Crippen molar-refractivity contribution in [1.29, 1.82) is 0 Å². The minimum Gasteiger partial charge on any atom is -0.491 e. The topological polar surface area (TPSA) is 63.2 Å². The average molecular weight is 313 g/mol. The van der Waals surface area contributed by atoms with Gasteiger partial charge in [-0.05, 0) is 44.0 Å². The Morgan fingerprint density at radius 3 is 2.52 bits per heavy atom. The van der Waals surface area contributed by atoms with Crippen molar-refractivity contribution in [1.82, 2.24) is 15.6 Å². The van der Waals surface area contributed by atoms with E-state index >= 15 is 0 Å². The second kappa shape index (κ2) is 8.17. The van der Waals surface area contributed by atoms with Gasteiger partial charge in [0.1, 0.15) is 12.4 Å². The number of carbonyl (C=O) groups is 1. The second-order valence-corrected chi connectivity index (χ2v) is 5.51. The van der Waals surface area contributed by atoms with Crippen molar-refractivity contribution in [2.75, 3.05) is 13.2 Å². The summed E-state index contributed by atoms with van der Waals surface area (Å²) in [6.45, 7) is 7.41. The molecule has 0 saturated heterocycles. The fourth-order valence-electron chi connectivity index (χ4n) is 2.45. The molecule has 5 heteroatoms. The number of rotatable bonds is 6. The molecule has 2 aromatic rings. The van der Waals surface area contributed by atoms with Crippen LogP contribution >= 0.6 is 0 Å². The fraction of sp³-hybridized carbons (Fsp3) is 0.333. The van der Waals surface area contributed by atoms with Crippen LogP contribution in [0.3, 0.4) is 0 Å². The van der Waals surface area contributed by atoms with Gasteiger partial charge in [-0.25, -0.2) is 4.79 Å². The number of nitrogens with one attached hydrogen (secondary N) is 2. The molecule has 1 heterocycles. The van der Waals surface area contributed by atoms with Crippen molar-refractivity contribution in [3.8, 4) is 5.75 Å². The number of benzene rings is 1. The van der Waals surface area contributed by atoms with Crippen LogP contribution in [-0.4, -0.2) is 24.2 Å². The molecule has 0 radical (unpaired) electrons. The van der Waals surface area contributed by atoms with E-state index in [0.29, 0.717) is 19.7 Å². The highest BCUT2D eigenvalue weighted by molar-refractivity contribution is 5.73. The first-order valence-electron chi connectivity index (χ1n) is 7.68. The van der Waals surface area contributed by atoms with E-state index in [1.165, 1.54) is 5.56 Å². The SMILES string of the molecule is Cc1cc(C)c(OCCNC(=O)NCc2ccccn2)c(C)c1. The summed E-state index contributed by atoms with van der Waals surface area (Å²) in [6.07, 6.45) is 1.70. The van der Waals surface area contributed by atoms with Crippen molar-refractivity contribution in [2.24, 2.45) is 0 Å². The van der Waals surface area contributed by atoms with Gasteiger partial charge in [0.05, 0.1) is 18.8 Å². The molecule has 0 spiro atoms. The summed E-state index contributed by atoms with van der Waals surface area (Å²) < 4.78 is 5.78. The zero-order valence-corrected chi connectivity index (χ0v) is 13.8. The molecule has 122 valence electrons. The first-order chi connectivity index (χ1) is 11.1. The summed E-state index contributed by atoms with van der Waals surface area (Å²) in [5, 5.41) is 5.53. The van der Waals surface area contributed by atoms with Crippen LogP contribution in [0.4, 0.5) is 4.79 Å². The zero-order chi connectivity index (χ0) is 16.7. The van der Waals surface area contributed by atoms with E-state index in [2.05, 4.69) is 34.7 Å². The Kier molecular flexibility index (Phi) is 5.97. The van der Waals surface area contributed by atoms with Gasteiger partial charge in [-0.3, -0.25) is 4.98 Å². The smallest absolute Gasteiger partial charge is 0.315 e. The monoisotopic (exact) mass is 313 g/mol. The maximum absolute atomic E-state index is 11.7. The lowest BCUT2D eigenvalue weighted by Crippen LogP contribution is -2.37. The third-order valence-corrected chi connectivity index (χ3v) is 3.39. The predicted molar refractivity (Wildman–Crippen MR) is 90.6 cm³/mol. The van der Waals surface area contributed by atoms with Crippen LogP contribution in [0.1, 0.15) is 22.4 Å². The molecule has 0 bridgehead atoms. The number of aromatic nitrogens is 1. The molecule has 2 amide bonds. The van der Waals surface area contributed by atoms with Gasteiger partial charge >= 0.3 is 6.03 Å². The Morgan fingerprint density at radius 1 is 1.13 bits per heavy atom.